The van der Waals surface area contributed by atoms with Crippen LogP contribution in [0.15, 0.2) is 34.8 Å². The molecule has 1 aromatic carbocycles. The number of hydrogen-bond acceptors (Lipinski definition) is 8. The number of thiophene rings is 1. The number of hydrogen-bond donors (Lipinski definition) is 1. The summed E-state index contributed by atoms with van der Waals surface area (Å²) in [6.45, 7) is 3.96. The standard InChI is InChI=1S/C17H17N5O3S2/c1-10-5-4-6-11(2)14(10)22-17(19-20-21-22)27-9-13(23)18-12-7-8-26-15(12)16(24)25-3/h4-8H,9H2,1-3H3,(H,18,23). The molecular weight excluding hydrogens is 386 g/mol. The van der Waals surface area contributed by atoms with Crippen LogP contribution < -0.4 is 5.32 Å². The lowest BCUT2D eigenvalue weighted by molar-refractivity contribution is -0.113. The second kappa shape index (κ2) is 8.31. The third-order valence-electron chi connectivity index (χ3n) is 3.73. The fourth-order valence-corrected chi connectivity index (χ4v) is 3.97. The van der Waals surface area contributed by atoms with E-state index >= 15 is 0 Å². The van der Waals surface area contributed by atoms with Gasteiger partial charge in [0, 0.05) is 0 Å². The number of thioether (sulfide) groups is 1. The zero-order valence-electron chi connectivity index (χ0n) is 14.9. The average molecular weight is 403 g/mol. The van der Waals surface area contributed by atoms with Gasteiger partial charge in [0.15, 0.2) is 0 Å². The first-order chi connectivity index (χ1) is 13.0. The summed E-state index contributed by atoms with van der Waals surface area (Å²) in [5.74, 6) is -0.645. The molecule has 0 saturated heterocycles. The van der Waals surface area contributed by atoms with Crippen molar-refractivity contribution in [3.63, 3.8) is 0 Å². The van der Waals surface area contributed by atoms with Crippen LogP contribution in [0, 0.1) is 13.8 Å². The molecule has 0 fully saturated rings. The number of methoxy groups -OCH3 is 1. The van der Waals surface area contributed by atoms with Gasteiger partial charge in [0.05, 0.1) is 24.2 Å². The van der Waals surface area contributed by atoms with E-state index in [9.17, 15) is 9.59 Å². The lowest BCUT2D eigenvalue weighted by Gasteiger charge is -2.10. The summed E-state index contributed by atoms with van der Waals surface area (Å²) in [6, 6.07) is 7.60. The fraction of sp³-hybridized carbons (Fsp3) is 0.235. The molecule has 0 atom stereocenters. The van der Waals surface area contributed by atoms with Crippen molar-refractivity contribution in [1.29, 1.82) is 0 Å². The molecule has 8 nitrogen and oxygen atoms in total. The van der Waals surface area contributed by atoms with Gasteiger partial charge in [-0.1, -0.05) is 30.0 Å². The first kappa shape index (κ1) is 19.1. The number of carbonyl (C=O) groups excluding carboxylic acids is 2. The monoisotopic (exact) mass is 403 g/mol. The minimum absolute atomic E-state index is 0.0990. The lowest BCUT2D eigenvalue weighted by atomic mass is 10.1. The van der Waals surface area contributed by atoms with Crippen molar-refractivity contribution < 1.29 is 14.3 Å². The van der Waals surface area contributed by atoms with E-state index in [0.29, 0.717) is 15.7 Å². The second-order valence-corrected chi connectivity index (χ2v) is 7.46. The predicted molar refractivity (Wildman–Crippen MR) is 104 cm³/mol. The number of tetrazole rings is 1. The third kappa shape index (κ3) is 4.17. The number of rotatable bonds is 6. The van der Waals surface area contributed by atoms with Crippen LogP contribution >= 0.6 is 23.1 Å². The molecule has 0 bridgehead atoms. The third-order valence-corrected chi connectivity index (χ3v) is 5.55. The zero-order valence-corrected chi connectivity index (χ0v) is 16.6. The van der Waals surface area contributed by atoms with E-state index in [2.05, 4.69) is 20.8 Å². The van der Waals surface area contributed by atoms with Gasteiger partial charge in [-0.25, -0.2) is 4.79 Å². The van der Waals surface area contributed by atoms with Gasteiger partial charge in [-0.3, -0.25) is 4.79 Å². The van der Waals surface area contributed by atoms with Gasteiger partial charge >= 0.3 is 5.97 Å². The molecule has 3 aromatic rings. The Hall–Kier alpha value is -2.72. The number of aryl methyl sites for hydroxylation is 2. The minimum atomic E-state index is -0.480. The molecule has 1 amide bonds. The van der Waals surface area contributed by atoms with E-state index < -0.39 is 5.97 Å². The maximum atomic E-state index is 12.3. The van der Waals surface area contributed by atoms with Gasteiger partial charge in [-0.15, -0.1) is 16.4 Å². The van der Waals surface area contributed by atoms with E-state index in [1.807, 2.05) is 32.0 Å². The molecule has 0 unspecified atom stereocenters. The van der Waals surface area contributed by atoms with E-state index in [4.69, 9.17) is 4.74 Å². The Morgan fingerprint density at radius 3 is 2.70 bits per heavy atom. The summed E-state index contributed by atoms with van der Waals surface area (Å²) < 4.78 is 6.34. The fourth-order valence-electron chi connectivity index (χ4n) is 2.52. The maximum Gasteiger partial charge on any atom is 0.350 e. The highest BCUT2D eigenvalue weighted by atomic mass is 32.2. The van der Waals surface area contributed by atoms with E-state index in [0.717, 1.165) is 16.8 Å². The Morgan fingerprint density at radius 1 is 1.26 bits per heavy atom. The normalized spacial score (nSPS) is 10.6. The molecule has 10 heteroatoms. The van der Waals surface area contributed by atoms with Crippen molar-refractivity contribution >= 4 is 40.7 Å². The number of para-hydroxylation sites is 1. The molecule has 140 valence electrons. The van der Waals surface area contributed by atoms with Gasteiger partial charge < -0.3 is 10.1 Å². The molecule has 1 N–H and O–H groups in total. The number of benzene rings is 1. The molecule has 0 aliphatic carbocycles. The summed E-state index contributed by atoms with van der Waals surface area (Å²) in [4.78, 5) is 24.3. The van der Waals surface area contributed by atoms with Gasteiger partial charge in [-0.05, 0) is 46.8 Å². The Balaban J connectivity index is 1.70. The van der Waals surface area contributed by atoms with Crippen molar-refractivity contribution in [2.24, 2.45) is 0 Å². The maximum absolute atomic E-state index is 12.3. The summed E-state index contributed by atoms with van der Waals surface area (Å²) in [5.41, 5.74) is 3.41. The summed E-state index contributed by atoms with van der Waals surface area (Å²) in [7, 11) is 1.30. The molecule has 2 heterocycles. The average Bonchev–Trinajstić information content (AvgIpc) is 3.29. The predicted octanol–water partition coefficient (Wildman–Crippen LogP) is 2.86. The molecule has 27 heavy (non-hydrogen) atoms. The number of amides is 1. The SMILES string of the molecule is COC(=O)c1sccc1NC(=O)CSc1nnnn1-c1c(C)cccc1C. The largest absolute Gasteiger partial charge is 0.465 e. The molecule has 3 rings (SSSR count). The van der Waals surface area contributed by atoms with Crippen molar-refractivity contribution in [3.8, 4) is 5.69 Å². The Bertz CT molecular complexity index is 962. The topological polar surface area (TPSA) is 99.0 Å². The van der Waals surface area contributed by atoms with Crippen LogP contribution in [0.5, 0.6) is 0 Å². The zero-order chi connectivity index (χ0) is 19.4. The van der Waals surface area contributed by atoms with Gasteiger partial charge in [0.25, 0.3) is 0 Å². The summed E-state index contributed by atoms with van der Waals surface area (Å²) >= 11 is 2.43. The van der Waals surface area contributed by atoms with E-state index in [-0.39, 0.29) is 11.7 Å². The van der Waals surface area contributed by atoms with Crippen LogP contribution in [0.25, 0.3) is 5.69 Å². The van der Waals surface area contributed by atoms with E-state index in [1.165, 1.54) is 30.2 Å². The number of anilines is 1. The van der Waals surface area contributed by atoms with E-state index in [1.54, 1.807) is 16.1 Å². The summed E-state index contributed by atoms with van der Waals surface area (Å²) in [6.07, 6.45) is 0. The van der Waals surface area contributed by atoms with Crippen molar-refractivity contribution in [2.45, 2.75) is 19.0 Å². The number of carbonyl (C=O) groups is 2. The highest BCUT2D eigenvalue weighted by Crippen LogP contribution is 2.25. The molecule has 2 aromatic heterocycles. The van der Waals surface area contributed by atoms with Crippen LogP contribution in [0.4, 0.5) is 5.69 Å². The number of aromatic nitrogens is 4. The first-order valence-corrected chi connectivity index (χ1v) is 9.81. The second-order valence-electron chi connectivity index (χ2n) is 5.61. The van der Waals surface area contributed by atoms with Gasteiger partial charge in [0.2, 0.25) is 11.1 Å². The number of nitrogens with one attached hydrogen (secondary N) is 1. The Morgan fingerprint density at radius 2 is 2.00 bits per heavy atom. The quantitative estimate of drug-likeness (QED) is 0.499. The van der Waals surface area contributed by atoms with Gasteiger partial charge in [0.1, 0.15) is 4.88 Å². The number of esters is 1. The van der Waals surface area contributed by atoms with Crippen molar-refractivity contribution in [1.82, 2.24) is 20.2 Å². The highest BCUT2D eigenvalue weighted by Gasteiger charge is 2.18. The lowest BCUT2D eigenvalue weighted by Crippen LogP contribution is -2.16. The molecule has 0 radical (unpaired) electrons. The first-order valence-electron chi connectivity index (χ1n) is 7.94. The minimum Gasteiger partial charge on any atom is -0.465 e. The molecule has 0 saturated carbocycles. The van der Waals surface area contributed by atoms with Crippen LogP contribution in [-0.4, -0.2) is 44.9 Å². The Kier molecular flexibility index (Phi) is 5.87. The van der Waals surface area contributed by atoms with Crippen LogP contribution in [0.2, 0.25) is 0 Å². The highest BCUT2D eigenvalue weighted by molar-refractivity contribution is 7.99. The smallest absolute Gasteiger partial charge is 0.350 e. The molecule has 0 spiro atoms. The van der Waals surface area contributed by atoms with Crippen LogP contribution in [0.1, 0.15) is 20.8 Å². The number of nitrogens with zero attached hydrogens (tertiary/aromatic N) is 4. The van der Waals surface area contributed by atoms with Crippen molar-refractivity contribution in [3.05, 3.63) is 45.6 Å². The van der Waals surface area contributed by atoms with Crippen LogP contribution in [-0.2, 0) is 9.53 Å². The molecule has 0 aliphatic rings. The summed E-state index contributed by atoms with van der Waals surface area (Å²) in [5, 5.41) is 16.8. The molecule has 0 aliphatic heterocycles. The molecular formula is C17H17N5O3S2. The Labute approximate surface area is 163 Å². The van der Waals surface area contributed by atoms with Crippen molar-refractivity contribution in [2.75, 3.05) is 18.2 Å². The van der Waals surface area contributed by atoms with Crippen LogP contribution in [0.3, 0.4) is 0 Å². The van der Waals surface area contributed by atoms with Gasteiger partial charge in [-0.2, -0.15) is 4.68 Å². The number of ether oxygens (including phenoxy) is 1.